The number of methoxy groups -OCH3 is 1. The number of thiazole rings is 1. The Labute approximate surface area is 179 Å². The van der Waals surface area contributed by atoms with Gasteiger partial charge in [0, 0.05) is 26.2 Å². The Bertz CT molecular complexity index is 1010. The first kappa shape index (κ1) is 20.3. The van der Waals surface area contributed by atoms with Crippen molar-refractivity contribution in [3.63, 3.8) is 0 Å². The van der Waals surface area contributed by atoms with Crippen LogP contribution in [0.2, 0.25) is 0 Å². The predicted octanol–water partition coefficient (Wildman–Crippen LogP) is 3.43. The topological polar surface area (TPSA) is 64.1 Å². The molecule has 0 radical (unpaired) electrons. The van der Waals surface area contributed by atoms with Crippen molar-refractivity contribution in [3.05, 3.63) is 42.5 Å². The number of fused-ring (bicyclic) bond motifs is 1. The van der Waals surface area contributed by atoms with Gasteiger partial charge in [-0.05, 0) is 37.3 Å². The van der Waals surface area contributed by atoms with Crippen molar-refractivity contribution in [2.75, 3.05) is 51.4 Å². The van der Waals surface area contributed by atoms with Crippen LogP contribution < -0.4 is 19.1 Å². The summed E-state index contributed by atoms with van der Waals surface area (Å²) in [5.41, 5.74) is 0.974. The highest BCUT2D eigenvalue weighted by molar-refractivity contribution is 7.22. The van der Waals surface area contributed by atoms with E-state index in [9.17, 15) is 4.79 Å². The van der Waals surface area contributed by atoms with Crippen molar-refractivity contribution in [3.8, 4) is 17.2 Å². The second-order valence-corrected chi connectivity index (χ2v) is 7.88. The molecule has 30 heavy (non-hydrogen) atoms. The second-order valence-electron chi connectivity index (χ2n) is 6.87. The third kappa shape index (κ3) is 4.43. The van der Waals surface area contributed by atoms with Crippen LogP contribution in [0, 0.1) is 0 Å². The van der Waals surface area contributed by atoms with Crippen molar-refractivity contribution in [1.82, 2.24) is 9.88 Å². The van der Waals surface area contributed by atoms with Crippen LogP contribution in [0.5, 0.6) is 17.2 Å². The van der Waals surface area contributed by atoms with Crippen LogP contribution in [0.4, 0.5) is 5.13 Å². The molecule has 0 N–H and O–H groups in total. The summed E-state index contributed by atoms with van der Waals surface area (Å²) in [7, 11) is 1.59. The summed E-state index contributed by atoms with van der Waals surface area (Å²) in [4.78, 5) is 21.4. The Hall–Kier alpha value is -3.00. The van der Waals surface area contributed by atoms with E-state index in [1.807, 2.05) is 48.2 Å². The van der Waals surface area contributed by atoms with Gasteiger partial charge in [-0.25, -0.2) is 4.98 Å². The summed E-state index contributed by atoms with van der Waals surface area (Å²) < 4.78 is 17.6. The molecule has 0 saturated carbocycles. The minimum Gasteiger partial charge on any atom is -0.494 e. The molecule has 1 aliphatic heterocycles. The van der Waals surface area contributed by atoms with Crippen LogP contribution in [-0.4, -0.2) is 62.3 Å². The normalized spacial score (nSPS) is 14.1. The van der Waals surface area contributed by atoms with E-state index in [-0.39, 0.29) is 12.5 Å². The zero-order valence-electron chi connectivity index (χ0n) is 17.2. The van der Waals surface area contributed by atoms with E-state index >= 15 is 0 Å². The van der Waals surface area contributed by atoms with E-state index in [0.29, 0.717) is 31.2 Å². The van der Waals surface area contributed by atoms with E-state index in [4.69, 9.17) is 19.2 Å². The number of benzene rings is 2. The number of carbonyl (C=O) groups is 1. The number of aromatic nitrogens is 1. The number of anilines is 1. The number of piperazine rings is 1. The summed E-state index contributed by atoms with van der Waals surface area (Å²) in [6.07, 6.45) is 0. The van der Waals surface area contributed by atoms with Gasteiger partial charge in [-0.15, -0.1) is 0 Å². The average Bonchev–Trinajstić information content (AvgIpc) is 3.21. The van der Waals surface area contributed by atoms with Crippen molar-refractivity contribution >= 4 is 32.6 Å². The molecule has 1 aromatic heterocycles. The van der Waals surface area contributed by atoms with Gasteiger partial charge in [0.25, 0.3) is 5.91 Å². The van der Waals surface area contributed by atoms with Crippen LogP contribution in [0.25, 0.3) is 10.2 Å². The number of rotatable bonds is 7. The lowest BCUT2D eigenvalue weighted by Crippen LogP contribution is -2.50. The van der Waals surface area contributed by atoms with Crippen molar-refractivity contribution in [2.24, 2.45) is 0 Å². The molecule has 1 fully saturated rings. The van der Waals surface area contributed by atoms with Gasteiger partial charge in [-0.3, -0.25) is 4.79 Å². The number of amides is 1. The number of nitrogens with zero attached hydrogens (tertiary/aromatic N) is 3. The zero-order chi connectivity index (χ0) is 20.9. The summed E-state index contributed by atoms with van der Waals surface area (Å²) in [6.45, 7) is 5.42. The maximum absolute atomic E-state index is 12.6. The SMILES string of the molecule is CCOc1ccc2nc(N3CCN(C(=O)COc4ccccc4OC)CC3)sc2c1. The van der Waals surface area contributed by atoms with Crippen molar-refractivity contribution in [1.29, 1.82) is 0 Å². The first-order chi connectivity index (χ1) is 14.7. The molecule has 158 valence electrons. The van der Waals surface area contributed by atoms with Crippen LogP contribution in [0.1, 0.15) is 6.92 Å². The molecule has 8 heteroatoms. The molecular formula is C22H25N3O4S. The predicted molar refractivity (Wildman–Crippen MR) is 118 cm³/mol. The van der Waals surface area contributed by atoms with E-state index < -0.39 is 0 Å². The summed E-state index contributed by atoms with van der Waals surface area (Å²) in [5.74, 6) is 2.04. The summed E-state index contributed by atoms with van der Waals surface area (Å²) in [5, 5.41) is 0.982. The third-order valence-electron chi connectivity index (χ3n) is 4.98. The molecule has 0 atom stereocenters. The first-order valence-corrected chi connectivity index (χ1v) is 10.8. The molecule has 0 aliphatic carbocycles. The highest BCUT2D eigenvalue weighted by atomic mass is 32.1. The minimum absolute atomic E-state index is 0.00170. The van der Waals surface area contributed by atoms with E-state index in [1.54, 1.807) is 24.5 Å². The zero-order valence-corrected chi connectivity index (χ0v) is 18.0. The Morgan fingerprint density at radius 2 is 1.83 bits per heavy atom. The van der Waals surface area contributed by atoms with Gasteiger partial charge in [0.2, 0.25) is 0 Å². The monoisotopic (exact) mass is 427 g/mol. The fourth-order valence-electron chi connectivity index (χ4n) is 3.40. The Morgan fingerprint density at radius 3 is 2.57 bits per heavy atom. The Morgan fingerprint density at radius 1 is 1.07 bits per heavy atom. The lowest BCUT2D eigenvalue weighted by molar-refractivity contribution is -0.133. The Kier molecular flexibility index (Phi) is 6.23. The minimum atomic E-state index is -0.0220. The van der Waals surface area contributed by atoms with Gasteiger partial charge in [0.15, 0.2) is 23.2 Å². The van der Waals surface area contributed by atoms with Crippen LogP contribution in [0.3, 0.4) is 0 Å². The molecule has 1 aliphatic rings. The Balaban J connectivity index is 1.33. The smallest absolute Gasteiger partial charge is 0.260 e. The molecule has 2 heterocycles. The number of carbonyl (C=O) groups excluding carboxylic acids is 1. The molecule has 2 aromatic carbocycles. The molecule has 0 bridgehead atoms. The average molecular weight is 428 g/mol. The lowest BCUT2D eigenvalue weighted by atomic mass is 10.3. The van der Waals surface area contributed by atoms with Crippen LogP contribution in [-0.2, 0) is 4.79 Å². The highest BCUT2D eigenvalue weighted by Crippen LogP contribution is 2.32. The maximum Gasteiger partial charge on any atom is 0.260 e. The fraction of sp³-hybridized carbons (Fsp3) is 0.364. The highest BCUT2D eigenvalue weighted by Gasteiger charge is 2.23. The van der Waals surface area contributed by atoms with Crippen LogP contribution >= 0.6 is 11.3 Å². The van der Waals surface area contributed by atoms with Gasteiger partial charge in [-0.2, -0.15) is 0 Å². The van der Waals surface area contributed by atoms with E-state index in [0.717, 1.165) is 34.2 Å². The molecule has 0 unspecified atom stereocenters. The van der Waals surface area contributed by atoms with Crippen molar-refractivity contribution in [2.45, 2.75) is 6.92 Å². The molecular weight excluding hydrogens is 402 g/mol. The van der Waals surface area contributed by atoms with Crippen LogP contribution in [0.15, 0.2) is 42.5 Å². The van der Waals surface area contributed by atoms with Gasteiger partial charge < -0.3 is 24.0 Å². The molecule has 1 amide bonds. The summed E-state index contributed by atoms with van der Waals surface area (Å²) >= 11 is 1.66. The number of ether oxygens (including phenoxy) is 3. The fourth-order valence-corrected chi connectivity index (χ4v) is 4.45. The molecule has 1 saturated heterocycles. The molecule has 7 nitrogen and oxygen atoms in total. The lowest BCUT2D eigenvalue weighted by Gasteiger charge is -2.34. The maximum atomic E-state index is 12.6. The second kappa shape index (κ2) is 9.21. The third-order valence-corrected chi connectivity index (χ3v) is 6.06. The molecule has 3 aromatic rings. The van der Waals surface area contributed by atoms with E-state index in [2.05, 4.69) is 4.90 Å². The molecule has 4 rings (SSSR count). The van der Waals surface area contributed by atoms with Gasteiger partial charge in [0.1, 0.15) is 5.75 Å². The quantitative estimate of drug-likeness (QED) is 0.576. The van der Waals surface area contributed by atoms with Gasteiger partial charge >= 0.3 is 0 Å². The standard InChI is InChI=1S/C22H25N3O4S/c1-3-28-16-8-9-17-20(14-16)30-22(23-17)25-12-10-24(11-13-25)21(26)15-29-19-7-5-4-6-18(19)27-2/h4-9,14H,3,10-13,15H2,1-2H3. The number of hydrogen-bond acceptors (Lipinski definition) is 7. The largest absolute Gasteiger partial charge is 0.494 e. The van der Waals surface area contributed by atoms with Gasteiger partial charge in [-0.1, -0.05) is 23.5 Å². The van der Waals surface area contributed by atoms with E-state index in [1.165, 1.54) is 0 Å². The number of para-hydroxylation sites is 2. The first-order valence-electron chi connectivity index (χ1n) is 10.00. The summed E-state index contributed by atoms with van der Waals surface area (Å²) in [6, 6.07) is 13.3. The van der Waals surface area contributed by atoms with Crippen molar-refractivity contribution < 1.29 is 19.0 Å². The molecule has 0 spiro atoms. The van der Waals surface area contributed by atoms with Gasteiger partial charge in [0.05, 0.1) is 23.9 Å². The number of hydrogen-bond donors (Lipinski definition) is 0.